The molecule has 0 aromatic heterocycles. The first kappa shape index (κ1) is 75.2. The zero-order chi connectivity index (χ0) is 14.3. The maximum Gasteiger partial charge on any atom is 3.00 e. The Morgan fingerprint density at radius 3 is 0.591 bits per heavy atom. The van der Waals surface area contributed by atoms with Crippen molar-refractivity contribution in [1.82, 2.24) is 30.8 Å². The van der Waals surface area contributed by atoms with Crippen molar-refractivity contribution in [2.24, 2.45) is 0 Å². The summed E-state index contributed by atoms with van der Waals surface area (Å²) in [7, 11) is 0. The van der Waals surface area contributed by atoms with Gasteiger partial charge in [0.15, 0.2) is 0 Å². The van der Waals surface area contributed by atoms with E-state index in [0.29, 0.717) is 0 Å². The normalized spacial score (nSPS) is 4.36. The molecule has 0 radical (unpaired) electrons. The van der Waals surface area contributed by atoms with Crippen LogP contribution in [0.5, 0.6) is 0 Å². The van der Waals surface area contributed by atoms with E-state index in [-0.39, 0.29) is 47.5 Å². The van der Waals surface area contributed by atoms with Crippen molar-refractivity contribution in [3.05, 3.63) is 46.0 Å². The Kier molecular flexibility index (Phi) is 218. The van der Waals surface area contributed by atoms with Gasteiger partial charge in [-0.1, -0.05) is 0 Å². The van der Waals surface area contributed by atoms with Crippen LogP contribution in [0.2, 0.25) is 0 Å². The predicted molar refractivity (Wildman–Crippen MR) is 66.8 cm³/mol. The molecule has 0 bridgehead atoms. The van der Waals surface area contributed by atoms with Crippen molar-refractivity contribution in [3.63, 3.8) is 0 Å². The van der Waals surface area contributed by atoms with Crippen molar-refractivity contribution in [3.8, 4) is 0 Å². The fourth-order valence-electron chi connectivity index (χ4n) is 0. The van der Waals surface area contributed by atoms with Gasteiger partial charge < -0.3 is 86.9 Å². The van der Waals surface area contributed by atoms with Crippen molar-refractivity contribution >= 4 is 6.16 Å². The Labute approximate surface area is 131 Å². The fourth-order valence-corrected chi connectivity index (χ4v) is 0. The largest absolute Gasteiger partial charge is 3.00 e. The zero-order valence-electron chi connectivity index (χ0n) is 10.7. The van der Waals surface area contributed by atoms with E-state index >= 15 is 0 Å². The zero-order valence-corrected chi connectivity index (χ0v) is 11.7. The predicted octanol–water partition coefficient (Wildman–Crippen LogP) is 0.313. The van der Waals surface area contributed by atoms with E-state index in [1.54, 1.807) is 0 Å². The summed E-state index contributed by atoms with van der Waals surface area (Å²) in [4.78, 5) is 33.3. The second-order valence-electron chi connectivity index (χ2n) is 0.953. The van der Waals surface area contributed by atoms with Gasteiger partial charge in [-0.2, -0.15) is 0 Å². The summed E-state index contributed by atoms with van der Waals surface area (Å²) >= 11 is 0. The molecule has 0 amide bonds. The molecule has 0 aromatic rings. The van der Waals surface area contributed by atoms with E-state index in [1.807, 2.05) is 0 Å². The summed E-state index contributed by atoms with van der Waals surface area (Å²) in [5.74, 6) is 0. The molecule has 0 aliphatic rings. The Morgan fingerprint density at radius 2 is 0.591 bits per heavy atom. The minimum absolute atomic E-state index is 0. The van der Waals surface area contributed by atoms with E-state index in [0.717, 1.165) is 0 Å². The Bertz CT molecular complexity index is 171. The van der Waals surface area contributed by atoms with E-state index < -0.39 is 21.4 Å². The van der Waals surface area contributed by atoms with Crippen LogP contribution >= 0.6 is 0 Å². The van der Waals surface area contributed by atoms with Crippen LogP contribution in [0.1, 0.15) is 0 Å². The number of carboxylic acid groups (broad SMARTS) is 2. The van der Waals surface area contributed by atoms with Crippen molar-refractivity contribution in [1.29, 1.82) is 0 Å². The van der Waals surface area contributed by atoms with Gasteiger partial charge in [0.05, 0.1) is 15.3 Å². The van der Waals surface area contributed by atoms with E-state index in [9.17, 15) is 0 Å². The first-order chi connectivity index (χ1) is 6.93. The third-order valence-corrected chi connectivity index (χ3v) is 0. The van der Waals surface area contributed by atoms with E-state index in [2.05, 4.69) is 0 Å². The SMILES string of the molecule is N.N.N.N.N.O=C(O)O.O=[N+]([O-])[O-].O=[N+]([O-])[O-].O=[N+]([O-])[O-].[Co+3]. The van der Waals surface area contributed by atoms with Gasteiger partial charge in [-0.25, -0.2) is 4.79 Å². The second kappa shape index (κ2) is 63.7. The molecule has 0 atom stereocenters. The molecule has 20 nitrogen and oxygen atoms in total. The fraction of sp³-hybridized carbons (Fsp3) is 0. The average Bonchev–Trinajstić information content (AvgIpc) is 1.76. The molecule has 0 aliphatic carbocycles. The summed E-state index contributed by atoms with van der Waals surface area (Å²) in [5.41, 5.74) is 0. The monoisotopic (exact) mass is 392 g/mol. The molecule has 22 heavy (non-hydrogen) atoms. The molecule has 0 unspecified atom stereocenters. The molecule has 142 valence electrons. The minimum atomic E-state index is -1.83. The van der Waals surface area contributed by atoms with Crippen molar-refractivity contribution < 1.29 is 47.0 Å². The van der Waals surface area contributed by atoms with Gasteiger partial charge in [0, 0.05) is 0 Å². The molecule has 0 fully saturated rings. The van der Waals surface area contributed by atoms with Crippen LogP contribution in [0.4, 0.5) is 4.79 Å². The molecule has 0 aromatic carbocycles. The first-order valence-corrected chi connectivity index (χ1v) is 2.29. The van der Waals surface area contributed by atoms with Gasteiger partial charge in [0.25, 0.3) is 0 Å². The molecule has 17 N–H and O–H groups in total. The van der Waals surface area contributed by atoms with Crippen LogP contribution in [0.15, 0.2) is 0 Å². The summed E-state index contributed by atoms with van der Waals surface area (Å²) < 4.78 is 0. The van der Waals surface area contributed by atoms with Gasteiger partial charge in [-0.05, 0) is 0 Å². The standard InChI is InChI=1S/CH2O3.Co.3NO3.5H3N/c2-1(3)4;;3*2-1(3)4;;;;;/h(H2,2,3,4);;;;;5*1H3/q;+3;3*-1;;;;;. The van der Waals surface area contributed by atoms with Crippen molar-refractivity contribution in [2.45, 2.75) is 0 Å². The number of nitrogens with zero attached hydrogens (tertiary/aromatic N) is 3. The van der Waals surface area contributed by atoms with Gasteiger partial charge in [-0.3, -0.25) is 0 Å². The molecule has 0 rings (SSSR count). The molecule has 0 heterocycles. The average molecular weight is 392 g/mol. The third kappa shape index (κ3) is 564. The van der Waals surface area contributed by atoms with Gasteiger partial charge in [0.1, 0.15) is 0 Å². The molecular formula is CH17CoN8O12. The van der Waals surface area contributed by atoms with Crippen LogP contribution < -0.4 is 30.8 Å². The Balaban J connectivity index is -0.00000001000. The van der Waals surface area contributed by atoms with Gasteiger partial charge in [-0.15, -0.1) is 0 Å². The van der Waals surface area contributed by atoms with Crippen LogP contribution in [-0.2, 0) is 16.8 Å². The number of carbonyl (C=O) groups is 1. The number of hydrogen-bond donors (Lipinski definition) is 7. The van der Waals surface area contributed by atoms with Gasteiger partial charge >= 0.3 is 22.9 Å². The second-order valence-corrected chi connectivity index (χ2v) is 0.953. The van der Waals surface area contributed by atoms with E-state index in [1.165, 1.54) is 0 Å². The van der Waals surface area contributed by atoms with Crippen LogP contribution in [0.25, 0.3) is 0 Å². The maximum absolute atomic E-state index is 8.56. The summed E-state index contributed by atoms with van der Waals surface area (Å²) in [6, 6.07) is 0. The Morgan fingerprint density at radius 1 is 0.591 bits per heavy atom. The third-order valence-electron chi connectivity index (χ3n) is 0. The molecule has 21 heteroatoms. The summed E-state index contributed by atoms with van der Waals surface area (Å²) in [6.07, 6.45) is -1.83. The van der Waals surface area contributed by atoms with Crippen LogP contribution in [0, 0.1) is 46.0 Å². The molecule has 0 spiro atoms. The molecule has 0 saturated carbocycles. The van der Waals surface area contributed by atoms with Crippen LogP contribution in [0.3, 0.4) is 0 Å². The topological polar surface area (TPSA) is 431 Å². The molecular weight excluding hydrogens is 375 g/mol. The quantitative estimate of drug-likeness (QED) is 0.215. The Hall–Kier alpha value is -2.82. The first-order valence-electron chi connectivity index (χ1n) is 2.29. The summed E-state index contributed by atoms with van der Waals surface area (Å²) in [6.45, 7) is 0. The minimum Gasteiger partial charge on any atom is -0.450 e. The van der Waals surface area contributed by atoms with Gasteiger partial charge in [0.2, 0.25) is 0 Å². The summed E-state index contributed by atoms with van der Waals surface area (Å²) in [5, 5.41) is 58.2. The molecule has 0 aliphatic heterocycles. The van der Waals surface area contributed by atoms with E-state index in [4.69, 9.17) is 61.0 Å². The van der Waals surface area contributed by atoms with Crippen LogP contribution in [-0.4, -0.2) is 31.6 Å². The number of rotatable bonds is 0. The van der Waals surface area contributed by atoms with Crippen molar-refractivity contribution in [2.75, 3.05) is 0 Å². The molecule has 0 saturated heterocycles. The maximum atomic E-state index is 8.56. The smallest absolute Gasteiger partial charge is 0.450 e. The number of hydrogen-bond acceptors (Lipinski definition) is 15.